The smallest absolute Gasteiger partial charge is 0.337 e. The minimum Gasteiger partial charge on any atom is -0.337 e. The van der Waals surface area contributed by atoms with Gasteiger partial charge in [-0.2, -0.15) is 18.4 Å². The molecule has 1 saturated heterocycles. The number of halogens is 3. The van der Waals surface area contributed by atoms with Crippen LogP contribution in [0.2, 0.25) is 0 Å². The zero-order valence-electron chi connectivity index (χ0n) is 15.9. The van der Waals surface area contributed by atoms with Crippen molar-refractivity contribution in [1.82, 2.24) is 15.1 Å². The van der Waals surface area contributed by atoms with Crippen LogP contribution in [0.1, 0.15) is 30.9 Å². The van der Waals surface area contributed by atoms with Crippen molar-refractivity contribution in [2.45, 2.75) is 38.0 Å². The van der Waals surface area contributed by atoms with Crippen molar-refractivity contribution in [3.63, 3.8) is 0 Å². The van der Waals surface area contributed by atoms with Gasteiger partial charge in [-0.05, 0) is 37.3 Å². The summed E-state index contributed by atoms with van der Waals surface area (Å²) in [6.07, 6.45) is -2.39. The van der Waals surface area contributed by atoms with Crippen LogP contribution in [0.25, 0.3) is 0 Å². The molecule has 1 aromatic rings. The number of nitrogens with zero attached hydrogens (tertiary/aromatic N) is 3. The van der Waals surface area contributed by atoms with Crippen molar-refractivity contribution in [2.75, 3.05) is 32.7 Å². The predicted octanol–water partition coefficient (Wildman–Crippen LogP) is 2.63. The molecule has 3 rings (SSSR count). The molecular formula is C20H25F3N4O. The third-order valence-electron chi connectivity index (χ3n) is 5.52. The second kappa shape index (κ2) is 8.10. The Morgan fingerprint density at radius 2 is 1.86 bits per heavy atom. The number of amides is 1. The van der Waals surface area contributed by atoms with E-state index >= 15 is 0 Å². The molecule has 0 spiro atoms. The third-order valence-corrected chi connectivity index (χ3v) is 5.52. The first kappa shape index (κ1) is 20.6. The number of hydrogen-bond donors (Lipinski definition) is 1. The quantitative estimate of drug-likeness (QED) is 0.806. The van der Waals surface area contributed by atoms with Crippen LogP contribution >= 0.6 is 0 Å². The molecule has 1 saturated carbocycles. The lowest BCUT2D eigenvalue weighted by Crippen LogP contribution is -2.53. The Bertz CT molecular complexity index is 749. The molecule has 28 heavy (non-hydrogen) atoms. The van der Waals surface area contributed by atoms with Gasteiger partial charge in [0.2, 0.25) is 5.91 Å². The van der Waals surface area contributed by atoms with Crippen LogP contribution in [-0.4, -0.2) is 54.0 Å². The van der Waals surface area contributed by atoms with Crippen molar-refractivity contribution in [3.8, 4) is 6.07 Å². The second-order valence-corrected chi connectivity index (χ2v) is 7.89. The van der Waals surface area contributed by atoms with Crippen molar-refractivity contribution in [1.29, 1.82) is 5.26 Å². The maximum atomic E-state index is 12.8. The normalized spacial score (nSPS) is 21.0. The number of carbonyl (C=O) groups is 1. The standard InChI is InChI=1S/C20H25F3N4O/c1-19(14-24,16-5-6-16)25-18(28)13-27-9-7-26(8-10-27)12-15-3-2-4-17(11-15)20(21,22)23/h2-4,11,16H,5-10,12-13H2,1H3,(H,25,28)/t19-/m1/s1. The molecular weight excluding hydrogens is 369 g/mol. The number of piperazine rings is 1. The average Bonchev–Trinajstić information content (AvgIpc) is 3.48. The van der Waals surface area contributed by atoms with E-state index in [1.807, 2.05) is 4.90 Å². The van der Waals surface area contributed by atoms with Crippen LogP contribution in [0.5, 0.6) is 0 Å². The molecule has 1 aliphatic heterocycles. The van der Waals surface area contributed by atoms with E-state index in [0.29, 0.717) is 38.3 Å². The van der Waals surface area contributed by atoms with E-state index in [1.54, 1.807) is 13.0 Å². The summed E-state index contributed by atoms with van der Waals surface area (Å²) in [5.41, 5.74) is -0.783. The van der Waals surface area contributed by atoms with E-state index in [2.05, 4.69) is 16.3 Å². The molecule has 1 heterocycles. The van der Waals surface area contributed by atoms with Crippen LogP contribution in [-0.2, 0) is 17.5 Å². The van der Waals surface area contributed by atoms with Gasteiger partial charge in [-0.1, -0.05) is 18.2 Å². The number of hydrogen-bond acceptors (Lipinski definition) is 4. The van der Waals surface area contributed by atoms with Crippen molar-refractivity contribution < 1.29 is 18.0 Å². The molecule has 8 heteroatoms. The third kappa shape index (κ3) is 5.24. The van der Waals surface area contributed by atoms with Gasteiger partial charge in [0.25, 0.3) is 0 Å². The summed E-state index contributed by atoms with van der Waals surface area (Å²) in [5.74, 6) is 0.0908. The average molecular weight is 394 g/mol. The van der Waals surface area contributed by atoms with Crippen LogP contribution in [0.15, 0.2) is 24.3 Å². The van der Waals surface area contributed by atoms with Gasteiger partial charge in [0.1, 0.15) is 5.54 Å². The molecule has 5 nitrogen and oxygen atoms in total. The number of benzene rings is 1. The molecule has 0 radical (unpaired) electrons. The van der Waals surface area contributed by atoms with Crippen LogP contribution < -0.4 is 5.32 Å². The van der Waals surface area contributed by atoms with E-state index < -0.39 is 17.3 Å². The summed E-state index contributed by atoms with van der Waals surface area (Å²) < 4.78 is 38.5. The van der Waals surface area contributed by atoms with E-state index in [-0.39, 0.29) is 18.4 Å². The fourth-order valence-corrected chi connectivity index (χ4v) is 3.62. The SMILES string of the molecule is C[C@](C#N)(NC(=O)CN1CCN(Cc2cccc(C(F)(F)F)c2)CC1)C1CC1. The van der Waals surface area contributed by atoms with Gasteiger partial charge in [-0.3, -0.25) is 14.6 Å². The summed E-state index contributed by atoms with van der Waals surface area (Å²) >= 11 is 0. The molecule has 0 bridgehead atoms. The second-order valence-electron chi connectivity index (χ2n) is 7.89. The minimum atomic E-state index is -4.33. The van der Waals surface area contributed by atoms with E-state index in [0.717, 1.165) is 18.9 Å². The van der Waals surface area contributed by atoms with Crippen LogP contribution in [0.4, 0.5) is 13.2 Å². The highest BCUT2D eigenvalue weighted by atomic mass is 19.4. The Morgan fingerprint density at radius 1 is 1.21 bits per heavy atom. The van der Waals surface area contributed by atoms with Crippen molar-refractivity contribution in [2.24, 2.45) is 5.92 Å². The first-order valence-electron chi connectivity index (χ1n) is 9.53. The summed E-state index contributed by atoms with van der Waals surface area (Å²) in [6.45, 7) is 5.16. The predicted molar refractivity (Wildman–Crippen MR) is 98.0 cm³/mol. The lowest BCUT2D eigenvalue weighted by Gasteiger charge is -2.35. The maximum absolute atomic E-state index is 12.8. The van der Waals surface area contributed by atoms with Gasteiger partial charge in [0, 0.05) is 32.7 Å². The molecule has 1 amide bonds. The molecule has 0 aromatic heterocycles. The molecule has 2 fully saturated rings. The largest absolute Gasteiger partial charge is 0.416 e. The van der Waals surface area contributed by atoms with Gasteiger partial charge >= 0.3 is 6.18 Å². The Morgan fingerprint density at radius 3 is 2.43 bits per heavy atom. The highest BCUT2D eigenvalue weighted by molar-refractivity contribution is 5.79. The zero-order valence-corrected chi connectivity index (χ0v) is 15.9. The molecule has 1 aromatic carbocycles. The summed E-state index contributed by atoms with van der Waals surface area (Å²) in [5, 5.41) is 12.2. The molecule has 1 N–H and O–H groups in total. The molecule has 0 unspecified atom stereocenters. The first-order valence-corrected chi connectivity index (χ1v) is 9.53. The molecule has 1 aliphatic carbocycles. The fraction of sp³-hybridized carbons (Fsp3) is 0.600. The van der Waals surface area contributed by atoms with Gasteiger partial charge < -0.3 is 5.32 Å². The zero-order chi connectivity index (χ0) is 20.4. The Hall–Kier alpha value is -2.11. The molecule has 2 aliphatic rings. The van der Waals surface area contributed by atoms with Gasteiger partial charge in [-0.25, -0.2) is 0 Å². The lowest BCUT2D eigenvalue weighted by molar-refractivity contribution is -0.137. The van der Waals surface area contributed by atoms with Crippen LogP contribution in [0, 0.1) is 17.2 Å². The maximum Gasteiger partial charge on any atom is 0.416 e. The number of nitriles is 1. The highest BCUT2D eigenvalue weighted by Crippen LogP contribution is 2.39. The summed E-state index contributed by atoms with van der Waals surface area (Å²) in [6, 6.07) is 7.63. The van der Waals surface area contributed by atoms with E-state index in [1.165, 1.54) is 12.1 Å². The number of alkyl halides is 3. The highest BCUT2D eigenvalue weighted by Gasteiger charge is 2.43. The Balaban J connectivity index is 1.46. The van der Waals surface area contributed by atoms with Crippen molar-refractivity contribution >= 4 is 5.91 Å². The summed E-state index contributed by atoms with van der Waals surface area (Å²) in [7, 11) is 0. The first-order chi connectivity index (χ1) is 13.2. The monoisotopic (exact) mass is 394 g/mol. The topological polar surface area (TPSA) is 59.4 Å². The van der Waals surface area contributed by atoms with Gasteiger partial charge in [0.15, 0.2) is 0 Å². The molecule has 152 valence electrons. The molecule has 1 atom stereocenters. The van der Waals surface area contributed by atoms with Gasteiger partial charge in [-0.15, -0.1) is 0 Å². The van der Waals surface area contributed by atoms with Crippen molar-refractivity contribution in [3.05, 3.63) is 35.4 Å². The lowest BCUT2D eigenvalue weighted by atomic mass is 9.98. The van der Waals surface area contributed by atoms with E-state index in [9.17, 15) is 23.2 Å². The number of carbonyl (C=O) groups excluding carboxylic acids is 1. The number of rotatable bonds is 6. The Kier molecular flexibility index (Phi) is 5.96. The van der Waals surface area contributed by atoms with E-state index in [4.69, 9.17) is 0 Å². The minimum absolute atomic E-state index is 0.151. The van der Waals surface area contributed by atoms with Gasteiger partial charge in [0.05, 0.1) is 18.2 Å². The van der Waals surface area contributed by atoms with Crippen LogP contribution in [0.3, 0.4) is 0 Å². The number of nitrogens with one attached hydrogen (secondary N) is 1. The fourth-order valence-electron chi connectivity index (χ4n) is 3.62. The Labute approximate surface area is 163 Å². The summed E-state index contributed by atoms with van der Waals surface area (Å²) in [4.78, 5) is 16.4.